The van der Waals surface area contributed by atoms with E-state index < -0.39 is 0 Å². The number of hydrogen-bond acceptors (Lipinski definition) is 3. The summed E-state index contributed by atoms with van der Waals surface area (Å²) in [6.45, 7) is 4.93. The number of hydrogen-bond donors (Lipinski definition) is 2. The molecule has 1 saturated heterocycles. The van der Waals surface area contributed by atoms with Gasteiger partial charge in [-0.25, -0.2) is 0 Å². The fourth-order valence-electron chi connectivity index (χ4n) is 2.44. The molecule has 1 rings (SSSR count). The average molecular weight is 231 g/mol. The maximum absolute atomic E-state index is 9.30. The van der Waals surface area contributed by atoms with E-state index >= 15 is 0 Å². The van der Waals surface area contributed by atoms with Gasteiger partial charge in [0.05, 0.1) is 6.61 Å². The van der Waals surface area contributed by atoms with Gasteiger partial charge in [-0.1, -0.05) is 19.8 Å². The van der Waals surface area contributed by atoms with Crippen molar-refractivity contribution in [3.05, 3.63) is 0 Å². The first-order valence-electron chi connectivity index (χ1n) is 6.25. The molecule has 0 bridgehead atoms. The molecule has 1 N–H and O–H groups in total. The number of aliphatic hydroxyl groups is 1. The van der Waals surface area contributed by atoms with Crippen LogP contribution in [-0.2, 0) is 0 Å². The lowest BCUT2D eigenvalue weighted by Gasteiger charge is -2.24. The van der Waals surface area contributed by atoms with Gasteiger partial charge in [0.25, 0.3) is 0 Å². The van der Waals surface area contributed by atoms with Crippen LogP contribution in [0.1, 0.15) is 39.0 Å². The Morgan fingerprint density at radius 2 is 2.00 bits per heavy atom. The molecule has 3 heteroatoms. The van der Waals surface area contributed by atoms with Crippen LogP contribution in [0.2, 0.25) is 0 Å². The lowest BCUT2D eigenvalue weighted by molar-refractivity contribution is 0.137. The molecular weight excluding hydrogens is 206 g/mol. The van der Waals surface area contributed by atoms with Gasteiger partial charge in [-0.05, 0) is 44.0 Å². The zero-order chi connectivity index (χ0) is 11.1. The van der Waals surface area contributed by atoms with Crippen LogP contribution in [0.3, 0.4) is 0 Å². The molecule has 0 radical (unpaired) electrons. The Labute approximate surface area is 99.5 Å². The molecule has 2 unspecified atom stereocenters. The maximum Gasteiger partial charge on any atom is 0.0589 e. The van der Waals surface area contributed by atoms with Crippen molar-refractivity contribution in [2.45, 2.75) is 45.1 Å². The van der Waals surface area contributed by atoms with Crippen molar-refractivity contribution >= 4 is 12.6 Å². The summed E-state index contributed by atoms with van der Waals surface area (Å²) in [5, 5.41) is 9.30. The highest BCUT2D eigenvalue weighted by atomic mass is 32.1. The summed E-state index contributed by atoms with van der Waals surface area (Å²) in [7, 11) is 0. The first-order valence-corrected chi connectivity index (χ1v) is 6.88. The normalized spacial score (nSPS) is 27.4. The minimum Gasteiger partial charge on any atom is -0.395 e. The molecule has 15 heavy (non-hydrogen) atoms. The Kier molecular flexibility index (Phi) is 6.69. The third kappa shape index (κ3) is 4.33. The summed E-state index contributed by atoms with van der Waals surface area (Å²) in [6.07, 6.45) is 6.38. The summed E-state index contributed by atoms with van der Waals surface area (Å²) in [4.78, 5) is 2.46. The van der Waals surface area contributed by atoms with Gasteiger partial charge in [0.15, 0.2) is 0 Å². The van der Waals surface area contributed by atoms with Crippen LogP contribution in [0.5, 0.6) is 0 Å². The van der Waals surface area contributed by atoms with Crippen LogP contribution in [-0.4, -0.2) is 41.5 Å². The van der Waals surface area contributed by atoms with Crippen LogP contribution in [0.25, 0.3) is 0 Å². The molecule has 1 aliphatic heterocycles. The lowest BCUT2D eigenvalue weighted by atomic mass is 10.0. The second-order valence-corrected chi connectivity index (χ2v) is 5.14. The van der Waals surface area contributed by atoms with Crippen LogP contribution < -0.4 is 0 Å². The third-order valence-electron chi connectivity index (χ3n) is 3.54. The van der Waals surface area contributed by atoms with Crippen molar-refractivity contribution in [1.29, 1.82) is 0 Å². The van der Waals surface area contributed by atoms with E-state index in [1.54, 1.807) is 0 Å². The van der Waals surface area contributed by atoms with E-state index in [1.807, 2.05) is 0 Å². The minimum atomic E-state index is 0.331. The van der Waals surface area contributed by atoms with E-state index in [0.717, 1.165) is 5.75 Å². The Hall–Kier alpha value is 0.270. The Morgan fingerprint density at radius 3 is 2.67 bits per heavy atom. The second kappa shape index (κ2) is 7.53. The van der Waals surface area contributed by atoms with Gasteiger partial charge in [0.2, 0.25) is 0 Å². The van der Waals surface area contributed by atoms with Crippen LogP contribution >= 0.6 is 12.6 Å². The van der Waals surface area contributed by atoms with E-state index in [2.05, 4.69) is 24.5 Å². The van der Waals surface area contributed by atoms with E-state index in [9.17, 15) is 5.11 Å². The topological polar surface area (TPSA) is 23.5 Å². The zero-order valence-corrected chi connectivity index (χ0v) is 10.8. The van der Waals surface area contributed by atoms with Gasteiger partial charge in [0, 0.05) is 6.04 Å². The number of thiol groups is 1. The summed E-state index contributed by atoms with van der Waals surface area (Å²) >= 11 is 4.21. The molecule has 0 spiro atoms. The quantitative estimate of drug-likeness (QED) is 0.518. The van der Waals surface area contributed by atoms with Gasteiger partial charge in [-0.2, -0.15) is 12.6 Å². The maximum atomic E-state index is 9.30. The predicted octanol–water partition coefficient (Wildman–Crippen LogP) is 2.18. The highest BCUT2D eigenvalue weighted by molar-refractivity contribution is 7.80. The van der Waals surface area contributed by atoms with E-state index in [4.69, 9.17) is 0 Å². The van der Waals surface area contributed by atoms with Crippen molar-refractivity contribution < 1.29 is 5.11 Å². The monoisotopic (exact) mass is 231 g/mol. The third-order valence-corrected chi connectivity index (χ3v) is 3.85. The summed E-state index contributed by atoms with van der Waals surface area (Å²) in [6, 6.07) is 0.426. The van der Waals surface area contributed by atoms with E-state index in [0.29, 0.717) is 18.6 Å². The molecule has 0 aromatic carbocycles. The smallest absolute Gasteiger partial charge is 0.0589 e. The fraction of sp³-hybridized carbons (Fsp3) is 1.00. The van der Waals surface area contributed by atoms with Crippen LogP contribution in [0, 0.1) is 5.92 Å². The van der Waals surface area contributed by atoms with Crippen molar-refractivity contribution in [3.8, 4) is 0 Å². The summed E-state index contributed by atoms with van der Waals surface area (Å²) in [5.41, 5.74) is 0. The summed E-state index contributed by atoms with van der Waals surface area (Å²) < 4.78 is 0. The fourth-order valence-corrected chi connectivity index (χ4v) is 2.66. The van der Waals surface area contributed by atoms with Gasteiger partial charge < -0.3 is 5.11 Å². The minimum absolute atomic E-state index is 0.331. The van der Waals surface area contributed by atoms with Crippen LogP contribution in [0.15, 0.2) is 0 Å². The Balaban J connectivity index is 2.10. The number of rotatable bonds is 7. The first-order chi connectivity index (χ1) is 7.29. The van der Waals surface area contributed by atoms with Crippen molar-refractivity contribution in [1.82, 2.24) is 4.90 Å². The average Bonchev–Trinajstić information content (AvgIpc) is 2.59. The standard InChI is InChI=1S/C12H25NOS/c1-11-6-8-13(12(11)10-14)7-4-2-3-5-9-15/h11-12,14-15H,2-10H2,1H3. The SMILES string of the molecule is CC1CCN(CCCCCCS)C1CO. The van der Waals surface area contributed by atoms with Gasteiger partial charge in [-0.15, -0.1) is 0 Å². The van der Waals surface area contributed by atoms with Crippen molar-refractivity contribution in [2.24, 2.45) is 5.92 Å². The van der Waals surface area contributed by atoms with Gasteiger partial charge in [-0.3, -0.25) is 4.90 Å². The Morgan fingerprint density at radius 1 is 1.27 bits per heavy atom. The highest BCUT2D eigenvalue weighted by Crippen LogP contribution is 2.23. The molecule has 1 heterocycles. The zero-order valence-electron chi connectivity index (χ0n) is 9.86. The number of likely N-dealkylation sites (tertiary alicyclic amines) is 1. The lowest BCUT2D eigenvalue weighted by Crippen LogP contribution is -2.35. The molecular formula is C12H25NOS. The molecule has 0 aromatic rings. The molecule has 1 aliphatic rings. The molecule has 0 aromatic heterocycles. The van der Waals surface area contributed by atoms with Crippen molar-refractivity contribution in [2.75, 3.05) is 25.4 Å². The first kappa shape index (κ1) is 13.3. The van der Waals surface area contributed by atoms with Gasteiger partial charge >= 0.3 is 0 Å². The molecule has 0 saturated carbocycles. The molecule has 90 valence electrons. The van der Waals surface area contributed by atoms with Crippen LogP contribution in [0.4, 0.5) is 0 Å². The predicted molar refractivity (Wildman–Crippen MR) is 68.5 cm³/mol. The largest absolute Gasteiger partial charge is 0.395 e. The molecule has 2 nitrogen and oxygen atoms in total. The molecule has 1 fully saturated rings. The number of aliphatic hydroxyl groups excluding tert-OH is 1. The molecule has 0 amide bonds. The molecule has 0 aliphatic carbocycles. The molecule has 2 atom stereocenters. The van der Waals surface area contributed by atoms with E-state index in [-0.39, 0.29) is 0 Å². The highest BCUT2D eigenvalue weighted by Gasteiger charge is 2.29. The summed E-state index contributed by atoms with van der Waals surface area (Å²) in [5.74, 6) is 1.69. The van der Waals surface area contributed by atoms with Gasteiger partial charge in [0.1, 0.15) is 0 Å². The Bertz CT molecular complexity index is 166. The van der Waals surface area contributed by atoms with E-state index in [1.165, 1.54) is 45.2 Å². The number of unbranched alkanes of at least 4 members (excludes halogenated alkanes) is 3. The second-order valence-electron chi connectivity index (χ2n) is 4.69. The van der Waals surface area contributed by atoms with Crippen molar-refractivity contribution in [3.63, 3.8) is 0 Å². The number of nitrogens with zero attached hydrogens (tertiary/aromatic N) is 1.